The second kappa shape index (κ2) is 3.89. The summed E-state index contributed by atoms with van der Waals surface area (Å²) in [5.74, 6) is 0. The zero-order valence-electron chi connectivity index (χ0n) is 6.65. The molecule has 1 radical (unpaired) electrons. The van der Waals surface area contributed by atoms with Gasteiger partial charge in [-0.2, -0.15) is 0 Å². The molecular formula is C8H17O. The van der Waals surface area contributed by atoms with E-state index in [1.54, 1.807) is 0 Å². The van der Waals surface area contributed by atoms with Crippen LogP contribution in [-0.2, 0) is 0 Å². The molecule has 0 atom stereocenters. The molecule has 0 fully saturated rings. The van der Waals surface area contributed by atoms with Crippen LogP contribution >= 0.6 is 0 Å². The highest BCUT2D eigenvalue weighted by Gasteiger charge is 2.10. The molecule has 0 heterocycles. The van der Waals surface area contributed by atoms with E-state index >= 15 is 0 Å². The molecule has 55 valence electrons. The van der Waals surface area contributed by atoms with Crippen molar-refractivity contribution >= 4 is 0 Å². The Balaban J connectivity index is 3.07. The van der Waals surface area contributed by atoms with Crippen LogP contribution in [-0.4, -0.2) is 10.7 Å². The SMILES string of the molecule is CCCC[CH]C(C)(C)O. The van der Waals surface area contributed by atoms with E-state index in [0.29, 0.717) is 0 Å². The molecule has 0 aromatic rings. The van der Waals surface area contributed by atoms with Gasteiger partial charge in [-0.15, -0.1) is 0 Å². The molecule has 0 saturated carbocycles. The number of aliphatic hydroxyl groups is 1. The molecule has 0 aliphatic carbocycles. The Morgan fingerprint density at radius 2 is 2.00 bits per heavy atom. The fourth-order valence-corrected chi connectivity index (χ4v) is 0.659. The summed E-state index contributed by atoms with van der Waals surface area (Å²) in [5.41, 5.74) is -0.574. The van der Waals surface area contributed by atoms with Crippen LogP contribution in [0.1, 0.15) is 40.0 Å². The van der Waals surface area contributed by atoms with Crippen molar-refractivity contribution < 1.29 is 5.11 Å². The van der Waals surface area contributed by atoms with Crippen molar-refractivity contribution in [3.05, 3.63) is 6.42 Å². The maximum absolute atomic E-state index is 9.19. The Labute approximate surface area is 58.1 Å². The quantitative estimate of drug-likeness (QED) is 0.577. The van der Waals surface area contributed by atoms with Crippen molar-refractivity contribution in [2.75, 3.05) is 0 Å². The van der Waals surface area contributed by atoms with Gasteiger partial charge in [0.1, 0.15) is 0 Å². The van der Waals surface area contributed by atoms with Gasteiger partial charge in [0, 0.05) is 0 Å². The van der Waals surface area contributed by atoms with E-state index in [-0.39, 0.29) is 0 Å². The number of hydrogen-bond donors (Lipinski definition) is 1. The van der Waals surface area contributed by atoms with Crippen LogP contribution in [0.25, 0.3) is 0 Å². The van der Waals surface area contributed by atoms with Crippen LogP contribution in [0.2, 0.25) is 0 Å². The van der Waals surface area contributed by atoms with Gasteiger partial charge in [0.05, 0.1) is 5.60 Å². The smallest absolute Gasteiger partial charge is 0.0623 e. The van der Waals surface area contributed by atoms with Crippen molar-refractivity contribution in [1.29, 1.82) is 0 Å². The fraction of sp³-hybridized carbons (Fsp3) is 0.875. The highest BCUT2D eigenvalue weighted by Crippen LogP contribution is 2.10. The summed E-state index contributed by atoms with van der Waals surface area (Å²) in [5, 5.41) is 9.19. The van der Waals surface area contributed by atoms with Crippen molar-refractivity contribution in [3.63, 3.8) is 0 Å². The first kappa shape index (κ1) is 8.96. The predicted octanol–water partition coefficient (Wildman–Crippen LogP) is 2.15. The number of unbranched alkanes of at least 4 members (excludes halogenated alkanes) is 2. The zero-order chi connectivity index (χ0) is 7.33. The molecule has 1 N–H and O–H groups in total. The molecule has 0 amide bonds. The summed E-state index contributed by atoms with van der Waals surface area (Å²) in [6.45, 7) is 5.77. The van der Waals surface area contributed by atoms with Crippen LogP contribution in [0.3, 0.4) is 0 Å². The van der Waals surface area contributed by atoms with Crippen molar-refractivity contribution in [3.8, 4) is 0 Å². The van der Waals surface area contributed by atoms with Gasteiger partial charge in [0.2, 0.25) is 0 Å². The Kier molecular flexibility index (Phi) is 3.87. The first-order valence-corrected chi connectivity index (χ1v) is 3.63. The lowest BCUT2D eigenvalue weighted by atomic mass is 10.0. The average molecular weight is 129 g/mol. The summed E-state index contributed by atoms with van der Waals surface area (Å²) >= 11 is 0. The summed E-state index contributed by atoms with van der Waals surface area (Å²) in [7, 11) is 0. The molecule has 0 bridgehead atoms. The van der Waals surface area contributed by atoms with Crippen molar-refractivity contribution in [2.24, 2.45) is 0 Å². The summed E-state index contributed by atoms with van der Waals surface area (Å²) in [6, 6.07) is 0. The molecule has 0 aromatic carbocycles. The van der Waals surface area contributed by atoms with Gasteiger partial charge in [-0.05, 0) is 26.7 Å². The van der Waals surface area contributed by atoms with Crippen LogP contribution in [0, 0.1) is 6.42 Å². The summed E-state index contributed by atoms with van der Waals surface area (Å²) < 4.78 is 0. The maximum Gasteiger partial charge on any atom is 0.0623 e. The average Bonchev–Trinajstić information content (AvgIpc) is 1.63. The Bertz CT molecular complexity index is 61.5. The second-order valence-electron chi connectivity index (χ2n) is 3.00. The van der Waals surface area contributed by atoms with Gasteiger partial charge < -0.3 is 5.11 Å². The second-order valence-corrected chi connectivity index (χ2v) is 3.00. The third kappa shape index (κ3) is 7.96. The molecule has 0 spiro atoms. The molecule has 0 aromatic heterocycles. The predicted molar refractivity (Wildman–Crippen MR) is 40.1 cm³/mol. The standard InChI is InChI=1S/C8H17O/c1-4-5-6-7-8(2,3)9/h7,9H,4-6H2,1-3H3. The molecule has 0 saturated heterocycles. The van der Waals surface area contributed by atoms with E-state index in [2.05, 4.69) is 6.92 Å². The zero-order valence-corrected chi connectivity index (χ0v) is 6.65. The lowest BCUT2D eigenvalue weighted by Gasteiger charge is -2.15. The minimum Gasteiger partial charge on any atom is -0.390 e. The van der Waals surface area contributed by atoms with E-state index in [9.17, 15) is 5.11 Å². The number of hydrogen-bond acceptors (Lipinski definition) is 1. The topological polar surface area (TPSA) is 20.2 Å². The molecule has 9 heavy (non-hydrogen) atoms. The normalized spacial score (nSPS) is 12.0. The molecule has 1 nitrogen and oxygen atoms in total. The Morgan fingerprint density at radius 1 is 1.44 bits per heavy atom. The molecular weight excluding hydrogens is 112 g/mol. The first-order chi connectivity index (χ1) is 4.06. The lowest BCUT2D eigenvalue weighted by Crippen LogP contribution is -2.18. The monoisotopic (exact) mass is 129 g/mol. The van der Waals surface area contributed by atoms with E-state index in [1.807, 2.05) is 20.3 Å². The van der Waals surface area contributed by atoms with Crippen molar-refractivity contribution in [2.45, 2.75) is 45.6 Å². The van der Waals surface area contributed by atoms with E-state index in [1.165, 1.54) is 12.8 Å². The Hall–Kier alpha value is -0.0400. The van der Waals surface area contributed by atoms with Crippen LogP contribution < -0.4 is 0 Å². The van der Waals surface area contributed by atoms with Crippen LogP contribution in [0.5, 0.6) is 0 Å². The largest absolute Gasteiger partial charge is 0.390 e. The summed E-state index contributed by atoms with van der Waals surface area (Å²) in [4.78, 5) is 0. The minimum atomic E-state index is -0.574. The van der Waals surface area contributed by atoms with E-state index in [0.717, 1.165) is 6.42 Å². The van der Waals surface area contributed by atoms with E-state index < -0.39 is 5.60 Å². The van der Waals surface area contributed by atoms with Crippen molar-refractivity contribution in [1.82, 2.24) is 0 Å². The van der Waals surface area contributed by atoms with E-state index in [4.69, 9.17) is 0 Å². The molecule has 0 unspecified atom stereocenters. The molecule has 0 aliphatic rings. The summed E-state index contributed by atoms with van der Waals surface area (Å²) in [6.07, 6.45) is 5.37. The highest BCUT2D eigenvalue weighted by molar-refractivity contribution is 4.83. The fourth-order valence-electron chi connectivity index (χ4n) is 0.659. The van der Waals surface area contributed by atoms with Gasteiger partial charge in [0.25, 0.3) is 0 Å². The van der Waals surface area contributed by atoms with Gasteiger partial charge in [-0.1, -0.05) is 19.8 Å². The maximum atomic E-state index is 9.19. The van der Waals surface area contributed by atoms with Gasteiger partial charge in [-0.25, -0.2) is 0 Å². The minimum absolute atomic E-state index is 0.574. The van der Waals surface area contributed by atoms with Crippen LogP contribution in [0.4, 0.5) is 0 Å². The highest BCUT2D eigenvalue weighted by atomic mass is 16.3. The molecule has 0 rings (SSSR count). The lowest BCUT2D eigenvalue weighted by molar-refractivity contribution is 0.111. The third-order valence-corrected chi connectivity index (χ3v) is 1.20. The van der Waals surface area contributed by atoms with Crippen LogP contribution in [0.15, 0.2) is 0 Å². The van der Waals surface area contributed by atoms with Gasteiger partial charge in [0.15, 0.2) is 0 Å². The first-order valence-electron chi connectivity index (χ1n) is 3.63. The van der Waals surface area contributed by atoms with Gasteiger partial charge >= 0.3 is 0 Å². The number of rotatable bonds is 4. The molecule has 1 heteroatoms. The van der Waals surface area contributed by atoms with Gasteiger partial charge in [-0.3, -0.25) is 0 Å². The molecule has 0 aliphatic heterocycles. The third-order valence-electron chi connectivity index (χ3n) is 1.20. The Morgan fingerprint density at radius 3 is 2.33 bits per heavy atom.